The van der Waals surface area contributed by atoms with Gasteiger partial charge in [0.1, 0.15) is 0 Å². The number of aryl methyl sites for hydroxylation is 1. The highest BCUT2D eigenvalue weighted by molar-refractivity contribution is 5.97. The number of anilines is 1. The lowest BCUT2D eigenvalue weighted by molar-refractivity contribution is 0.0595. The molecule has 0 saturated carbocycles. The molecule has 100 valence electrons. The number of aromatic amines is 1. The molecule has 0 spiro atoms. The summed E-state index contributed by atoms with van der Waals surface area (Å²) in [5.41, 5.74) is 7.83. The summed E-state index contributed by atoms with van der Waals surface area (Å²) in [7, 11) is 0. The zero-order valence-electron chi connectivity index (χ0n) is 11.4. The Hall–Kier alpha value is -1.52. The van der Waals surface area contributed by atoms with Crippen molar-refractivity contribution in [3.8, 4) is 0 Å². The fourth-order valence-electron chi connectivity index (χ4n) is 2.35. The average Bonchev–Trinajstić information content (AvgIpc) is 2.70. The minimum atomic E-state index is -0.0463. The number of carbonyl (C=O) groups is 1. The van der Waals surface area contributed by atoms with Gasteiger partial charge in [0.05, 0.1) is 11.4 Å². The molecule has 1 amide bonds. The number of nitrogen functional groups attached to an aromatic ring is 1. The van der Waals surface area contributed by atoms with Crippen LogP contribution in [-0.2, 0) is 0 Å². The van der Waals surface area contributed by atoms with Gasteiger partial charge in [0, 0.05) is 13.1 Å². The third-order valence-corrected chi connectivity index (χ3v) is 4.31. The van der Waals surface area contributed by atoms with Gasteiger partial charge in [-0.25, -0.2) is 0 Å². The number of rotatable bonds is 2. The highest BCUT2D eigenvalue weighted by Crippen LogP contribution is 2.34. The SMILES string of the molecule is CCC1(C)CCN(C(=O)c2n[nH]c(C)c2N)CC1. The van der Waals surface area contributed by atoms with E-state index in [1.54, 1.807) is 0 Å². The Balaban J connectivity index is 2.06. The fraction of sp³-hybridized carbons (Fsp3) is 0.692. The van der Waals surface area contributed by atoms with E-state index >= 15 is 0 Å². The molecule has 0 radical (unpaired) electrons. The van der Waals surface area contributed by atoms with E-state index in [0.717, 1.165) is 31.6 Å². The summed E-state index contributed by atoms with van der Waals surface area (Å²) in [6, 6.07) is 0. The second-order valence-electron chi connectivity index (χ2n) is 5.57. The monoisotopic (exact) mass is 250 g/mol. The van der Waals surface area contributed by atoms with E-state index in [1.807, 2.05) is 11.8 Å². The summed E-state index contributed by atoms with van der Waals surface area (Å²) in [5.74, 6) is -0.0463. The van der Waals surface area contributed by atoms with Gasteiger partial charge in [-0.15, -0.1) is 0 Å². The molecule has 18 heavy (non-hydrogen) atoms. The van der Waals surface area contributed by atoms with Gasteiger partial charge in [0.2, 0.25) is 0 Å². The number of likely N-dealkylation sites (tertiary alicyclic amines) is 1. The Bertz CT molecular complexity index is 444. The molecule has 1 aliphatic rings. The largest absolute Gasteiger partial charge is 0.395 e. The van der Waals surface area contributed by atoms with Crippen LogP contribution in [0.15, 0.2) is 0 Å². The van der Waals surface area contributed by atoms with Gasteiger partial charge >= 0.3 is 0 Å². The van der Waals surface area contributed by atoms with Crippen LogP contribution in [0.5, 0.6) is 0 Å². The van der Waals surface area contributed by atoms with E-state index in [0.29, 0.717) is 16.8 Å². The zero-order valence-corrected chi connectivity index (χ0v) is 11.4. The number of hydrogen-bond acceptors (Lipinski definition) is 3. The van der Waals surface area contributed by atoms with Gasteiger partial charge in [-0.05, 0) is 25.2 Å². The van der Waals surface area contributed by atoms with Crippen molar-refractivity contribution < 1.29 is 4.79 Å². The highest BCUT2D eigenvalue weighted by Gasteiger charge is 2.32. The quantitative estimate of drug-likeness (QED) is 0.842. The Kier molecular flexibility index (Phi) is 3.32. The molecule has 0 unspecified atom stereocenters. The van der Waals surface area contributed by atoms with Gasteiger partial charge in [-0.2, -0.15) is 5.10 Å². The number of carbonyl (C=O) groups excluding carboxylic acids is 1. The predicted molar refractivity (Wildman–Crippen MR) is 71.3 cm³/mol. The maximum absolute atomic E-state index is 12.3. The molecule has 1 saturated heterocycles. The van der Waals surface area contributed by atoms with Gasteiger partial charge in [-0.3, -0.25) is 9.89 Å². The molecule has 1 aliphatic heterocycles. The molecule has 0 aliphatic carbocycles. The molecule has 3 N–H and O–H groups in total. The number of hydrogen-bond donors (Lipinski definition) is 2. The predicted octanol–water partition coefficient (Wildman–Crippen LogP) is 1.95. The molecule has 1 aromatic rings. The topological polar surface area (TPSA) is 75.0 Å². The third kappa shape index (κ3) is 2.21. The van der Waals surface area contributed by atoms with Crippen LogP contribution in [0.2, 0.25) is 0 Å². The average molecular weight is 250 g/mol. The first kappa shape index (κ1) is 12.9. The smallest absolute Gasteiger partial charge is 0.276 e. The summed E-state index contributed by atoms with van der Waals surface area (Å²) in [6.45, 7) is 7.93. The second kappa shape index (κ2) is 4.63. The number of amides is 1. The zero-order chi connectivity index (χ0) is 13.3. The number of nitrogens with zero attached hydrogens (tertiary/aromatic N) is 2. The fourth-order valence-corrected chi connectivity index (χ4v) is 2.35. The van der Waals surface area contributed by atoms with Crippen LogP contribution in [0.1, 0.15) is 49.3 Å². The lowest BCUT2D eigenvalue weighted by Crippen LogP contribution is -2.42. The molecule has 5 heteroatoms. The van der Waals surface area contributed by atoms with Gasteiger partial charge in [0.25, 0.3) is 5.91 Å². The summed E-state index contributed by atoms with van der Waals surface area (Å²) >= 11 is 0. The summed E-state index contributed by atoms with van der Waals surface area (Å²) < 4.78 is 0. The molecule has 5 nitrogen and oxygen atoms in total. The van der Waals surface area contributed by atoms with Crippen molar-refractivity contribution in [2.75, 3.05) is 18.8 Å². The standard InChI is InChI=1S/C13H22N4O/c1-4-13(3)5-7-17(8-6-13)12(18)11-10(14)9(2)15-16-11/h4-8,14H2,1-3H3,(H,15,16). The summed E-state index contributed by atoms with van der Waals surface area (Å²) in [5, 5.41) is 6.77. The second-order valence-corrected chi connectivity index (χ2v) is 5.57. The van der Waals surface area contributed by atoms with Crippen LogP contribution >= 0.6 is 0 Å². The Labute approximate surface area is 108 Å². The molecule has 2 heterocycles. The van der Waals surface area contributed by atoms with E-state index in [2.05, 4.69) is 24.0 Å². The molecule has 1 fully saturated rings. The lowest BCUT2D eigenvalue weighted by Gasteiger charge is -2.38. The Morgan fingerprint density at radius 2 is 2.11 bits per heavy atom. The molecule has 2 rings (SSSR count). The van der Waals surface area contributed by atoms with Gasteiger partial charge in [0.15, 0.2) is 5.69 Å². The van der Waals surface area contributed by atoms with Crippen molar-refractivity contribution in [2.24, 2.45) is 5.41 Å². The molecule has 0 atom stereocenters. The van der Waals surface area contributed by atoms with Crippen molar-refractivity contribution in [2.45, 2.75) is 40.0 Å². The molecular weight excluding hydrogens is 228 g/mol. The number of nitrogens with one attached hydrogen (secondary N) is 1. The van der Waals surface area contributed by atoms with Crippen molar-refractivity contribution in [1.29, 1.82) is 0 Å². The van der Waals surface area contributed by atoms with Crippen molar-refractivity contribution in [1.82, 2.24) is 15.1 Å². The summed E-state index contributed by atoms with van der Waals surface area (Å²) in [6.07, 6.45) is 3.27. The van der Waals surface area contributed by atoms with E-state index in [9.17, 15) is 4.79 Å². The van der Waals surface area contributed by atoms with E-state index in [1.165, 1.54) is 6.42 Å². The van der Waals surface area contributed by atoms with E-state index < -0.39 is 0 Å². The van der Waals surface area contributed by atoms with Crippen molar-refractivity contribution in [3.63, 3.8) is 0 Å². The molecule has 0 bridgehead atoms. The van der Waals surface area contributed by atoms with E-state index in [4.69, 9.17) is 5.73 Å². The first-order chi connectivity index (χ1) is 8.47. The number of aromatic nitrogens is 2. The number of nitrogens with two attached hydrogens (primary N) is 1. The minimum Gasteiger partial charge on any atom is -0.395 e. The van der Waals surface area contributed by atoms with Crippen LogP contribution in [0.4, 0.5) is 5.69 Å². The third-order valence-electron chi connectivity index (χ3n) is 4.31. The normalized spacial score (nSPS) is 18.9. The van der Waals surface area contributed by atoms with Crippen LogP contribution in [0.25, 0.3) is 0 Å². The van der Waals surface area contributed by atoms with Crippen LogP contribution in [0.3, 0.4) is 0 Å². The molecule has 1 aromatic heterocycles. The first-order valence-electron chi connectivity index (χ1n) is 6.56. The Morgan fingerprint density at radius 3 is 2.56 bits per heavy atom. The van der Waals surface area contributed by atoms with Crippen LogP contribution in [-0.4, -0.2) is 34.1 Å². The molecular formula is C13H22N4O. The summed E-state index contributed by atoms with van der Waals surface area (Å²) in [4.78, 5) is 14.2. The van der Waals surface area contributed by atoms with Gasteiger partial charge in [-0.1, -0.05) is 20.3 Å². The lowest BCUT2D eigenvalue weighted by atomic mass is 9.78. The first-order valence-corrected chi connectivity index (χ1v) is 6.56. The number of H-pyrrole nitrogens is 1. The van der Waals surface area contributed by atoms with Gasteiger partial charge < -0.3 is 10.6 Å². The van der Waals surface area contributed by atoms with Crippen LogP contribution < -0.4 is 5.73 Å². The highest BCUT2D eigenvalue weighted by atomic mass is 16.2. The maximum Gasteiger partial charge on any atom is 0.276 e. The van der Waals surface area contributed by atoms with Crippen molar-refractivity contribution in [3.05, 3.63) is 11.4 Å². The van der Waals surface area contributed by atoms with E-state index in [-0.39, 0.29) is 5.91 Å². The minimum absolute atomic E-state index is 0.0463. The van der Waals surface area contributed by atoms with Crippen molar-refractivity contribution >= 4 is 11.6 Å². The number of piperidine rings is 1. The maximum atomic E-state index is 12.3. The van der Waals surface area contributed by atoms with Crippen LogP contribution in [0, 0.1) is 12.3 Å². The Morgan fingerprint density at radius 1 is 1.50 bits per heavy atom. The molecule has 0 aromatic carbocycles.